The smallest absolute Gasteiger partial charge is 0.246 e. The molecule has 16 heavy (non-hydrogen) atoms. The molecule has 3 N–H and O–H groups in total. The summed E-state index contributed by atoms with van der Waals surface area (Å²) in [4.78, 5) is 23.7. The third kappa shape index (κ3) is 2.10. The molecular weight excluding hydrogens is 213 g/mol. The van der Waals surface area contributed by atoms with Crippen LogP contribution in [0, 0.1) is 5.82 Å². The van der Waals surface area contributed by atoms with Gasteiger partial charge in [-0.3, -0.25) is 14.9 Å². The number of nitrogens with two attached hydrogens (primary N) is 1. The molecule has 0 spiro atoms. The maximum absolute atomic E-state index is 13.1. The number of carbonyl (C=O) groups is 2. The number of hydrogen-bond acceptors (Lipinski definition) is 4. The average Bonchev–Trinajstić information content (AvgIpc) is 2.14. The maximum Gasteiger partial charge on any atom is 0.246 e. The standard InChI is InChI=1S/C10H10FN3O2/c11-6-1-7(12)3-8(2-6)14-4-9(15)13-10(16)5-14/h1-3H,4-5,12H2,(H,13,15,16). The van der Waals surface area contributed by atoms with Gasteiger partial charge in [-0.1, -0.05) is 0 Å². The second-order valence-corrected chi connectivity index (χ2v) is 3.57. The van der Waals surface area contributed by atoms with Crippen LogP contribution in [0.3, 0.4) is 0 Å². The van der Waals surface area contributed by atoms with Crippen molar-refractivity contribution >= 4 is 23.2 Å². The van der Waals surface area contributed by atoms with Crippen molar-refractivity contribution in [2.45, 2.75) is 0 Å². The van der Waals surface area contributed by atoms with Gasteiger partial charge in [-0.05, 0) is 18.2 Å². The van der Waals surface area contributed by atoms with Crippen molar-refractivity contribution in [1.82, 2.24) is 5.32 Å². The second kappa shape index (κ2) is 3.80. The van der Waals surface area contributed by atoms with E-state index in [-0.39, 0.29) is 18.8 Å². The van der Waals surface area contributed by atoms with E-state index in [1.54, 1.807) is 0 Å². The van der Waals surface area contributed by atoms with Crippen LogP contribution in [0.4, 0.5) is 15.8 Å². The predicted molar refractivity (Wildman–Crippen MR) is 56.2 cm³/mol. The molecule has 0 bridgehead atoms. The molecule has 2 rings (SSSR count). The van der Waals surface area contributed by atoms with Crippen LogP contribution in [0.1, 0.15) is 0 Å². The van der Waals surface area contributed by atoms with E-state index in [9.17, 15) is 14.0 Å². The van der Waals surface area contributed by atoms with Gasteiger partial charge in [0.05, 0.1) is 13.1 Å². The van der Waals surface area contributed by atoms with E-state index in [0.717, 1.165) is 0 Å². The van der Waals surface area contributed by atoms with E-state index in [1.165, 1.54) is 23.1 Å². The Hall–Kier alpha value is -2.11. The number of nitrogens with zero attached hydrogens (tertiary/aromatic N) is 1. The van der Waals surface area contributed by atoms with Crippen molar-refractivity contribution in [3.05, 3.63) is 24.0 Å². The van der Waals surface area contributed by atoms with Gasteiger partial charge >= 0.3 is 0 Å². The summed E-state index contributed by atoms with van der Waals surface area (Å²) in [5, 5.41) is 2.16. The fraction of sp³-hybridized carbons (Fsp3) is 0.200. The van der Waals surface area contributed by atoms with Gasteiger partial charge in [-0.15, -0.1) is 0 Å². The minimum absolute atomic E-state index is 0.0225. The van der Waals surface area contributed by atoms with Crippen molar-refractivity contribution in [3.8, 4) is 0 Å². The Morgan fingerprint density at radius 3 is 2.38 bits per heavy atom. The van der Waals surface area contributed by atoms with E-state index in [4.69, 9.17) is 5.73 Å². The van der Waals surface area contributed by atoms with Gasteiger partial charge in [0, 0.05) is 11.4 Å². The number of carbonyl (C=O) groups excluding carboxylic acids is 2. The molecule has 0 radical (unpaired) electrons. The summed E-state index contributed by atoms with van der Waals surface area (Å²) in [5.74, 6) is -1.30. The third-order valence-corrected chi connectivity index (χ3v) is 2.22. The van der Waals surface area contributed by atoms with Gasteiger partial charge in [0.15, 0.2) is 0 Å². The molecular formula is C10H10FN3O2. The number of hydrogen-bond donors (Lipinski definition) is 2. The molecule has 1 fully saturated rings. The van der Waals surface area contributed by atoms with Crippen LogP contribution in [-0.4, -0.2) is 24.9 Å². The average molecular weight is 223 g/mol. The largest absolute Gasteiger partial charge is 0.399 e. The Morgan fingerprint density at radius 2 is 1.81 bits per heavy atom. The zero-order valence-corrected chi connectivity index (χ0v) is 8.37. The molecule has 0 aliphatic carbocycles. The number of anilines is 2. The van der Waals surface area contributed by atoms with Crippen LogP contribution in [0.5, 0.6) is 0 Å². The molecule has 6 heteroatoms. The number of rotatable bonds is 1. The number of benzene rings is 1. The number of imide groups is 1. The van der Waals surface area contributed by atoms with Crippen molar-refractivity contribution in [1.29, 1.82) is 0 Å². The molecule has 1 aromatic carbocycles. The minimum atomic E-state index is -0.492. The van der Waals surface area contributed by atoms with E-state index in [0.29, 0.717) is 5.69 Å². The van der Waals surface area contributed by atoms with Crippen molar-refractivity contribution in [2.75, 3.05) is 23.7 Å². The van der Waals surface area contributed by atoms with Crippen LogP contribution in [0.15, 0.2) is 18.2 Å². The van der Waals surface area contributed by atoms with Gasteiger partial charge in [0.1, 0.15) is 5.82 Å². The van der Waals surface area contributed by atoms with Gasteiger partial charge in [0.2, 0.25) is 11.8 Å². The van der Waals surface area contributed by atoms with Gasteiger partial charge in [-0.25, -0.2) is 4.39 Å². The molecule has 0 unspecified atom stereocenters. The first kappa shape index (κ1) is 10.4. The lowest BCUT2D eigenvalue weighted by atomic mass is 10.2. The van der Waals surface area contributed by atoms with Crippen LogP contribution >= 0.6 is 0 Å². The first-order chi connectivity index (χ1) is 7.54. The highest BCUT2D eigenvalue weighted by Crippen LogP contribution is 2.20. The molecule has 1 aliphatic rings. The summed E-state index contributed by atoms with van der Waals surface area (Å²) in [6, 6.07) is 3.94. The summed E-state index contributed by atoms with van der Waals surface area (Å²) < 4.78 is 13.1. The molecule has 5 nitrogen and oxygen atoms in total. The normalized spacial score (nSPS) is 16.2. The van der Waals surface area contributed by atoms with Gasteiger partial charge < -0.3 is 10.6 Å². The Balaban J connectivity index is 2.29. The summed E-state index contributed by atoms with van der Waals surface area (Å²) >= 11 is 0. The molecule has 2 amide bonds. The highest BCUT2D eigenvalue weighted by molar-refractivity contribution is 6.02. The highest BCUT2D eigenvalue weighted by Gasteiger charge is 2.22. The summed E-state index contributed by atoms with van der Waals surface area (Å²) in [5.41, 5.74) is 6.17. The van der Waals surface area contributed by atoms with Crippen LogP contribution in [-0.2, 0) is 9.59 Å². The van der Waals surface area contributed by atoms with Crippen molar-refractivity contribution in [3.63, 3.8) is 0 Å². The van der Waals surface area contributed by atoms with E-state index < -0.39 is 17.6 Å². The molecule has 1 heterocycles. The van der Waals surface area contributed by atoms with Crippen molar-refractivity contribution in [2.24, 2.45) is 0 Å². The number of amides is 2. The number of nitrogen functional groups attached to an aromatic ring is 1. The number of nitrogens with one attached hydrogen (secondary N) is 1. The molecule has 0 saturated carbocycles. The maximum atomic E-state index is 13.1. The molecule has 1 aliphatic heterocycles. The minimum Gasteiger partial charge on any atom is -0.399 e. The first-order valence-electron chi connectivity index (χ1n) is 4.68. The zero-order valence-electron chi connectivity index (χ0n) is 8.37. The Bertz CT molecular complexity index is 425. The van der Waals surface area contributed by atoms with Crippen molar-refractivity contribution < 1.29 is 14.0 Å². The van der Waals surface area contributed by atoms with E-state index in [2.05, 4.69) is 5.32 Å². The SMILES string of the molecule is Nc1cc(F)cc(N2CC(=O)NC(=O)C2)c1. The topological polar surface area (TPSA) is 75.4 Å². The summed E-state index contributed by atoms with van der Waals surface area (Å²) in [6.45, 7) is 0.0449. The third-order valence-electron chi connectivity index (χ3n) is 2.22. The summed E-state index contributed by atoms with van der Waals surface area (Å²) in [7, 11) is 0. The molecule has 84 valence electrons. The fourth-order valence-electron chi connectivity index (χ4n) is 1.60. The van der Waals surface area contributed by atoms with Crippen LogP contribution in [0.2, 0.25) is 0 Å². The Labute approximate surface area is 91.0 Å². The zero-order chi connectivity index (χ0) is 11.7. The predicted octanol–water partition coefficient (Wildman–Crippen LogP) is -0.129. The van der Waals surface area contributed by atoms with Crippen LogP contribution < -0.4 is 16.0 Å². The molecule has 0 aromatic heterocycles. The Morgan fingerprint density at radius 1 is 1.19 bits per heavy atom. The molecule has 1 saturated heterocycles. The lowest BCUT2D eigenvalue weighted by Gasteiger charge is -2.27. The molecule has 1 aromatic rings. The lowest BCUT2D eigenvalue weighted by molar-refractivity contribution is -0.130. The van der Waals surface area contributed by atoms with Gasteiger partial charge in [0.25, 0.3) is 0 Å². The second-order valence-electron chi connectivity index (χ2n) is 3.57. The lowest BCUT2D eigenvalue weighted by Crippen LogP contribution is -2.51. The molecule has 0 atom stereocenters. The van der Waals surface area contributed by atoms with E-state index in [1.807, 2.05) is 0 Å². The van der Waals surface area contributed by atoms with Crippen LogP contribution in [0.25, 0.3) is 0 Å². The quantitative estimate of drug-likeness (QED) is 0.513. The number of halogens is 1. The van der Waals surface area contributed by atoms with Gasteiger partial charge in [-0.2, -0.15) is 0 Å². The summed E-state index contributed by atoms with van der Waals surface area (Å²) in [6.07, 6.45) is 0. The fourth-order valence-corrected chi connectivity index (χ4v) is 1.60. The monoisotopic (exact) mass is 223 g/mol. The Kier molecular flexibility index (Phi) is 2.47. The highest BCUT2D eigenvalue weighted by atomic mass is 19.1. The number of piperazine rings is 1. The first-order valence-corrected chi connectivity index (χ1v) is 4.68. The van der Waals surface area contributed by atoms with E-state index >= 15 is 0 Å².